The molecule has 11 heteroatoms. The van der Waals surface area contributed by atoms with Gasteiger partial charge in [0.1, 0.15) is 5.82 Å². The van der Waals surface area contributed by atoms with Gasteiger partial charge in [-0.1, -0.05) is 13.3 Å². The summed E-state index contributed by atoms with van der Waals surface area (Å²) >= 11 is 0. The van der Waals surface area contributed by atoms with Crippen molar-refractivity contribution < 1.29 is 22.3 Å². The van der Waals surface area contributed by atoms with Crippen molar-refractivity contribution in [2.24, 2.45) is 0 Å². The average Bonchev–Trinajstić information content (AvgIpc) is 3.27. The molecule has 0 unspecified atom stereocenters. The van der Waals surface area contributed by atoms with Crippen LogP contribution < -0.4 is 10.1 Å². The Kier molecular flexibility index (Phi) is 6.79. The summed E-state index contributed by atoms with van der Waals surface area (Å²) in [5.74, 6) is -0.614. The predicted octanol–water partition coefficient (Wildman–Crippen LogP) is 3.64. The minimum Gasteiger partial charge on any atom is -0.481 e. The molecule has 35 heavy (non-hydrogen) atoms. The molecule has 0 aliphatic heterocycles. The number of amides is 1. The van der Waals surface area contributed by atoms with E-state index in [0.29, 0.717) is 34.1 Å². The molecule has 0 saturated carbocycles. The number of fused-ring (bicyclic) bond motifs is 1. The molecule has 0 aliphatic carbocycles. The highest BCUT2D eigenvalue weighted by atomic mass is 32.2. The number of halogens is 1. The topological polar surface area (TPSA) is 116 Å². The summed E-state index contributed by atoms with van der Waals surface area (Å²) in [5.41, 5.74) is 2.08. The van der Waals surface area contributed by atoms with Gasteiger partial charge < -0.3 is 10.1 Å². The van der Waals surface area contributed by atoms with E-state index in [1.54, 1.807) is 35.3 Å². The van der Waals surface area contributed by atoms with Crippen molar-refractivity contribution in [3.63, 3.8) is 0 Å². The van der Waals surface area contributed by atoms with Crippen LogP contribution >= 0.6 is 0 Å². The second kappa shape index (κ2) is 9.79. The molecular formula is C24H24FN5O4S. The number of methoxy groups -OCH3 is 1. The minimum absolute atomic E-state index is 0.133. The van der Waals surface area contributed by atoms with Crippen LogP contribution in [0.15, 0.2) is 60.0 Å². The molecule has 0 bridgehead atoms. The third-order valence-corrected chi connectivity index (χ3v) is 6.46. The SMILES string of the molecule is CCC[C@H](NC(=O)c1cncc2c1cnn2-c1ccc(F)cc1)c1cc(OC)nc(S(C)(=O)=O)c1. The van der Waals surface area contributed by atoms with Gasteiger partial charge in [-0.3, -0.25) is 9.78 Å². The second-order valence-corrected chi connectivity index (χ2v) is 9.98. The molecular weight excluding hydrogens is 473 g/mol. The van der Waals surface area contributed by atoms with Crippen LogP contribution in [0.25, 0.3) is 16.6 Å². The highest BCUT2D eigenvalue weighted by molar-refractivity contribution is 7.90. The highest BCUT2D eigenvalue weighted by Crippen LogP contribution is 2.26. The number of benzene rings is 1. The van der Waals surface area contributed by atoms with Crippen molar-refractivity contribution >= 4 is 26.6 Å². The van der Waals surface area contributed by atoms with Crippen molar-refractivity contribution in [3.05, 3.63) is 71.9 Å². The zero-order valence-electron chi connectivity index (χ0n) is 19.4. The van der Waals surface area contributed by atoms with Gasteiger partial charge in [-0.05, 0) is 42.3 Å². The minimum atomic E-state index is -3.59. The van der Waals surface area contributed by atoms with E-state index in [1.807, 2.05) is 6.92 Å². The fourth-order valence-corrected chi connectivity index (χ4v) is 4.36. The van der Waals surface area contributed by atoms with Crippen LogP contribution in [0.1, 0.15) is 41.7 Å². The van der Waals surface area contributed by atoms with Gasteiger partial charge in [0, 0.05) is 23.9 Å². The summed E-state index contributed by atoms with van der Waals surface area (Å²) < 4.78 is 44.3. The highest BCUT2D eigenvalue weighted by Gasteiger charge is 2.22. The third kappa shape index (κ3) is 5.14. The van der Waals surface area contributed by atoms with Crippen molar-refractivity contribution in [1.82, 2.24) is 25.1 Å². The van der Waals surface area contributed by atoms with Crippen molar-refractivity contribution in [2.75, 3.05) is 13.4 Å². The third-order valence-electron chi connectivity index (χ3n) is 5.49. The van der Waals surface area contributed by atoms with E-state index in [1.165, 1.54) is 31.5 Å². The van der Waals surface area contributed by atoms with Crippen molar-refractivity contribution in [1.29, 1.82) is 0 Å². The molecule has 0 aliphatic rings. The first-order valence-corrected chi connectivity index (χ1v) is 12.7. The normalized spacial score (nSPS) is 12.5. The first kappa shape index (κ1) is 24.3. The Bertz CT molecular complexity index is 1490. The van der Waals surface area contributed by atoms with Crippen LogP contribution in [-0.2, 0) is 9.84 Å². The van der Waals surface area contributed by atoms with Gasteiger partial charge in [0.2, 0.25) is 5.88 Å². The fourth-order valence-electron chi connectivity index (χ4n) is 3.75. The lowest BCUT2D eigenvalue weighted by molar-refractivity contribution is 0.0935. The summed E-state index contributed by atoms with van der Waals surface area (Å²) in [6.07, 6.45) is 6.94. The summed E-state index contributed by atoms with van der Waals surface area (Å²) in [4.78, 5) is 21.6. The van der Waals surface area contributed by atoms with Crippen LogP contribution in [0.2, 0.25) is 0 Å². The van der Waals surface area contributed by atoms with Crippen LogP contribution in [0.4, 0.5) is 4.39 Å². The number of carbonyl (C=O) groups excluding carboxylic acids is 1. The molecule has 1 amide bonds. The zero-order chi connectivity index (χ0) is 25.2. The Hall–Kier alpha value is -3.86. The first-order valence-electron chi connectivity index (χ1n) is 10.9. The zero-order valence-corrected chi connectivity index (χ0v) is 20.2. The number of nitrogens with one attached hydrogen (secondary N) is 1. The molecule has 9 nitrogen and oxygen atoms in total. The maximum atomic E-state index is 13.3. The van der Waals surface area contributed by atoms with E-state index in [9.17, 15) is 17.6 Å². The predicted molar refractivity (Wildman–Crippen MR) is 128 cm³/mol. The second-order valence-electron chi connectivity index (χ2n) is 8.02. The van der Waals surface area contributed by atoms with E-state index >= 15 is 0 Å². The Morgan fingerprint density at radius 1 is 1.17 bits per heavy atom. The first-order chi connectivity index (χ1) is 16.7. The molecule has 0 spiro atoms. The van der Waals surface area contributed by atoms with Gasteiger partial charge in [0.15, 0.2) is 14.9 Å². The number of hydrogen-bond donors (Lipinski definition) is 1. The maximum Gasteiger partial charge on any atom is 0.254 e. The van der Waals surface area contributed by atoms with Gasteiger partial charge in [-0.15, -0.1) is 0 Å². The Morgan fingerprint density at radius 2 is 1.91 bits per heavy atom. The van der Waals surface area contributed by atoms with Crippen molar-refractivity contribution in [2.45, 2.75) is 30.8 Å². The van der Waals surface area contributed by atoms with E-state index in [4.69, 9.17) is 4.74 Å². The van der Waals surface area contributed by atoms with Crippen molar-refractivity contribution in [3.8, 4) is 11.6 Å². The summed E-state index contributed by atoms with van der Waals surface area (Å²) in [6.45, 7) is 1.96. The number of aromatic nitrogens is 4. The van der Waals surface area contributed by atoms with Gasteiger partial charge in [-0.2, -0.15) is 5.10 Å². The molecule has 0 fully saturated rings. The molecule has 0 saturated heterocycles. The molecule has 1 aromatic carbocycles. The molecule has 1 N–H and O–H groups in total. The van der Waals surface area contributed by atoms with Crippen LogP contribution in [-0.4, -0.2) is 47.4 Å². The molecule has 4 aromatic rings. The number of hydrogen-bond acceptors (Lipinski definition) is 7. The summed E-state index contributed by atoms with van der Waals surface area (Å²) in [6, 6.07) is 8.40. The number of rotatable bonds is 8. The van der Waals surface area contributed by atoms with Gasteiger partial charge in [0.25, 0.3) is 5.91 Å². The van der Waals surface area contributed by atoms with Gasteiger partial charge in [-0.25, -0.2) is 22.5 Å². The van der Waals surface area contributed by atoms with E-state index in [2.05, 4.69) is 20.4 Å². The van der Waals surface area contributed by atoms with Crippen LogP contribution in [0, 0.1) is 5.82 Å². The van der Waals surface area contributed by atoms with E-state index < -0.39 is 21.8 Å². The quantitative estimate of drug-likeness (QED) is 0.395. The van der Waals surface area contributed by atoms with E-state index in [0.717, 1.165) is 12.7 Å². The molecule has 0 radical (unpaired) electrons. The van der Waals surface area contributed by atoms with Crippen LogP contribution in [0.3, 0.4) is 0 Å². The molecule has 4 rings (SSSR count). The molecule has 182 valence electrons. The van der Waals surface area contributed by atoms with Gasteiger partial charge >= 0.3 is 0 Å². The summed E-state index contributed by atoms with van der Waals surface area (Å²) in [5, 5.41) is 7.78. The number of ether oxygens (including phenoxy) is 1. The largest absolute Gasteiger partial charge is 0.481 e. The number of sulfone groups is 1. The molecule has 3 heterocycles. The maximum absolute atomic E-state index is 13.3. The monoisotopic (exact) mass is 497 g/mol. The molecule has 3 aromatic heterocycles. The lowest BCUT2D eigenvalue weighted by Crippen LogP contribution is -2.29. The standard InChI is InChI=1S/C24H24FN5O4S/c1-4-5-20(15-10-22(34-2)29-23(11-15)35(3,32)33)28-24(31)19-12-26-14-21-18(19)13-27-30(21)17-8-6-16(25)7-9-17/h6-14,20H,4-5H2,1-3H3,(H,28,31)/t20-/m0/s1. The van der Waals surface area contributed by atoms with E-state index in [-0.39, 0.29) is 16.7 Å². The van der Waals surface area contributed by atoms with Gasteiger partial charge in [0.05, 0.1) is 42.3 Å². The number of nitrogens with zero attached hydrogens (tertiary/aromatic N) is 4. The smallest absolute Gasteiger partial charge is 0.254 e. The Balaban J connectivity index is 1.70. The lowest BCUT2D eigenvalue weighted by atomic mass is 10.0. The number of pyridine rings is 2. The Morgan fingerprint density at radius 3 is 2.57 bits per heavy atom. The molecule has 1 atom stereocenters. The van der Waals surface area contributed by atoms with Crippen LogP contribution in [0.5, 0.6) is 5.88 Å². The Labute approximate surface area is 201 Å². The average molecular weight is 498 g/mol. The number of carbonyl (C=O) groups is 1. The summed E-state index contributed by atoms with van der Waals surface area (Å²) in [7, 11) is -2.19. The lowest BCUT2D eigenvalue weighted by Gasteiger charge is -2.20. The fraction of sp³-hybridized carbons (Fsp3) is 0.250.